The van der Waals surface area contributed by atoms with Crippen molar-refractivity contribution in [2.75, 3.05) is 7.11 Å². The van der Waals surface area contributed by atoms with Crippen LogP contribution in [0.15, 0.2) is 29.4 Å². The minimum absolute atomic E-state index is 0.210. The van der Waals surface area contributed by atoms with E-state index in [0.29, 0.717) is 12.1 Å². The van der Waals surface area contributed by atoms with Crippen molar-refractivity contribution in [2.24, 2.45) is 5.11 Å². The molecule has 0 bridgehead atoms. The number of azide groups is 1. The van der Waals surface area contributed by atoms with Gasteiger partial charge in [0.05, 0.1) is 7.11 Å². The highest BCUT2D eigenvalue weighted by Gasteiger charge is 1.98. The summed E-state index contributed by atoms with van der Waals surface area (Å²) in [4.78, 5) is 2.67. The molecule has 1 N–H and O–H groups in total. The number of hydrogen-bond acceptors (Lipinski definition) is 3. The first-order valence-electron chi connectivity index (χ1n) is 4.01. The minimum Gasteiger partial charge on any atom is -0.484 e. The van der Waals surface area contributed by atoms with Crippen molar-refractivity contribution in [3.05, 3.63) is 40.3 Å². The highest BCUT2D eigenvalue weighted by molar-refractivity contribution is 5.75. The molecule has 0 radical (unpaired) electrons. The van der Waals surface area contributed by atoms with Crippen LogP contribution in [0.4, 0.5) is 5.69 Å². The Labute approximate surface area is 81.5 Å². The van der Waals surface area contributed by atoms with E-state index in [2.05, 4.69) is 10.0 Å². The molecular weight excluding hydrogens is 180 g/mol. The molecule has 5 heteroatoms. The van der Waals surface area contributed by atoms with Crippen molar-refractivity contribution in [1.29, 1.82) is 5.41 Å². The van der Waals surface area contributed by atoms with E-state index in [1.54, 1.807) is 24.3 Å². The summed E-state index contributed by atoms with van der Waals surface area (Å²) >= 11 is 0. The standard InChI is InChI=1S/C9H10N4O/c1-14-9(10)6-7-2-4-8(5-3-7)12-13-11/h2-5,10H,6H2,1H3. The normalized spacial score (nSPS) is 8.93. The number of rotatable bonds is 3. The molecule has 0 aromatic heterocycles. The zero-order valence-electron chi connectivity index (χ0n) is 7.77. The third-order valence-electron chi connectivity index (χ3n) is 1.71. The lowest BCUT2D eigenvalue weighted by Crippen LogP contribution is -2.02. The molecule has 1 aromatic carbocycles. The molecule has 0 amide bonds. The number of hydrogen-bond donors (Lipinski definition) is 1. The predicted octanol–water partition coefficient (Wildman–Crippen LogP) is 2.79. The Morgan fingerprint density at radius 3 is 2.64 bits per heavy atom. The highest BCUT2D eigenvalue weighted by atomic mass is 16.5. The van der Waals surface area contributed by atoms with Gasteiger partial charge < -0.3 is 4.74 Å². The average molecular weight is 190 g/mol. The van der Waals surface area contributed by atoms with Crippen LogP contribution < -0.4 is 0 Å². The van der Waals surface area contributed by atoms with Gasteiger partial charge in [-0.25, -0.2) is 0 Å². The number of benzene rings is 1. The summed E-state index contributed by atoms with van der Waals surface area (Å²) in [6.45, 7) is 0. The Morgan fingerprint density at radius 2 is 2.14 bits per heavy atom. The van der Waals surface area contributed by atoms with Crippen molar-refractivity contribution in [3.63, 3.8) is 0 Å². The molecule has 0 aliphatic carbocycles. The number of ether oxygens (including phenoxy) is 1. The van der Waals surface area contributed by atoms with E-state index in [4.69, 9.17) is 15.7 Å². The molecule has 0 aliphatic heterocycles. The maximum absolute atomic E-state index is 8.18. The first-order chi connectivity index (χ1) is 6.76. The molecule has 0 fully saturated rings. The van der Waals surface area contributed by atoms with Crippen molar-refractivity contribution >= 4 is 11.6 Å². The van der Waals surface area contributed by atoms with Crippen LogP contribution in [0.3, 0.4) is 0 Å². The predicted molar refractivity (Wildman–Crippen MR) is 53.7 cm³/mol. The smallest absolute Gasteiger partial charge is 0.184 e. The van der Waals surface area contributed by atoms with Crippen molar-refractivity contribution in [2.45, 2.75) is 6.42 Å². The fourth-order valence-corrected chi connectivity index (χ4v) is 0.990. The summed E-state index contributed by atoms with van der Waals surface area (Å²) in [6, 6.07) is 7.02. The van der Waals surface area contributed by atoms with Crippen LogP contribution in [0.1, 0.15) is 5.56 Å². The van der Waals surface area contributed by atoms with Crippen LogP contribution in [-0.4, -0.2) is 13.0 Å². The number of nitrogens with one attached hydrogen (secondary N) is 1. The molecule has 0 saturated heterocycles. The van der Waals surface area contributed by atoms with E-state index in [1.807, 2.05) is 0 Å². The Balaban J connectivity index is 2.73. The molecular formula is C9H10N4O. The van der Waals surface area contributed by atoms with Crippen LogP contribution in [0.25, 0.3) is 10.4 Å². The lowest BCUT2D eigenvalue weighted by atomic mass is 10.1. The van der Waals surface area contributed by atoms with Crippen molar-refractivity contribution in [1.82, 2.24) is 0 Å². The molecule has 1 rings (SSSR count). The van der Waals surface area contributed by atoms with E-state index in [9.17, 15) is 0 Å². The fourth-order valence-electron chi connectivity index (χ4n) is 0.990. The molecule has 0 atom stereocenters. The SMILES string of the molecule is COC(=N)Cc1ccc(N=[N+]=[N-])cc1. The van der Waals surface area contributed by atoms with Crippen LogP contribution in [-0.2, 0) is 11.2 Å². The third-order valence-corrected chi connectivity index (χ3v) is 1.71. The quantitative estimate of drug-likeness (QED) is 0.257. The Kier molecular flexibility index (Phi) is 3.52. The molecule has 1 aromatic rings. The van der Waals surface area contributed by atoms with Crippen molar-refractivity contribution < 1.29 is 4.74 Å². The average Bonchev–Trinajstić information content (AvgIpc) is 2.21. The van der Waals surface area contributed by atoms with Gasteiger partial charge in [-0.05, 0) is 11.1 Å². The van der Waals surface area contributed by atoms with Gasteiger partial charge in [-0.15, -0.1) is 0 Å². The summed E-state index contributed by atoms with van der Waals surface area (Å²) in [5.74, 6) is 0.210. The second kappa shape index (κ2) is 4.89. The van der Waals surface area contributed by atoms with Gasteiger partial charge in [-0.2, -0.15) is 0 Å². The van der Waals surface area contributed by atoms with Gasteiger partial charge in [-0.1, -0.05) is 29.4 Å². The third kappa shape index (κ3) is 2.80. The molecule has 14 heavy (non-hydrogen) atoms. The minimum atomic E-state index is 0.210. The maximum atomic E-state index is 8.18. The van der Waals surface area contributed by atoms with Gasteiger partial charge in [0, 0.05) is 17.0 Å². The van der Waals surface area contributed by atoms with Crippen LogP contribution >= 0.6 is 0 Å². The van der Waals surface area contributed by atoms with Crippen LogP contribution in [0.5, 0.6) is 0 Å². The largest absolute Gasteiger partial charge is 0.484 e. The Hall–Kier alpha value is -2.00. The second-order valence-electron chi connectivity index (χ2n) is 2.66. The van der Waals surface area contributed by atoms with E-state index in [1.165, 1.54) is 7.11 Å². The summed E-state index contributed by atoms with van der Waals surface area (Å²) in [6.07, 6.45) is 0.451. The summed E-state index contributed by atoms with van der Waals surface area (Å²) < 4.78 is 4.73. The summed E-state index contributed by atoms with van der Waals surface area (Å²) in [5.41, 5.74) is 9.70. The molecule has 0 saturated carbocycles. The van der Waals surface area contributed by atoms with E-state index >= 15 is 0 Å². The van der Waals surface area contributed by atoms with Crippen LogP contribution in [0.2, 0.25) is 0 Å². The van der Waals surface area contributed by atoms with Gasteiger partial charge in [-0.3, -0.25) is 5.41 Å². The molecule has 0 spiro atoms. The molecule has 0 unspecified atom stereocenters. The van der Waals surface area contributed by atoms with Gasteiger partial charge >= 0.3 is 0 Å². The van der Waals surface area contributed by atoms with Crippen molar-refractivity contribution in [3.8, 4) is 0 Å². The first kappa shape index (κ1) is 10.1. The molecule has 0 heterocycles. The van der Waals surface area contributed by atoms with Crippen LogP contribution in [0, 0.1) is 5.41 Å². The maximum Gasteiger partial charge on any atom is 0.184 e. The molecule has 0 aliphatic rings. The zero-order chi connectivity index (χ0) is 10.4. The highest BCUT2D eigenvalue weighted by Crippen LogP contribution is 2.13. The fraction of sp³-hybridized carbons (Fsp3) is 0.222. The molecule has 72 valence electrons. The lowest BCUT2D eigenvalue weighted by Gasteiger charge is -2.02. The van der Waals surface area contributed by atoms with Gasteiger partial charge in [0.1, 0.15) is 0 Å². The topological polar surface area (TPSA) is 81.8 Å². The molecule has 5 nitrogen and oxygen atoms in total. The number of nitrogens with zero attached hydrogens (tertiary/aromatic N) is 3. The van der Waals surface area contributed by atoms with E-state index in [-0.39, 0.29) is 5.90 Å². The van der Waals surface area contributed by atoms with Gasteiger partial charge in [0.15, 0.2) is 5.90 Å². The van der Waals surface area contributed by atoms with E-state index in [0.717, 1.165) is 5.56 Å². The summed E-state index contributed by atoms with van der Waals surface area (Å²) in [7, 11) is 1.47. The van der Waals surface area contributed by atoms with E-state index < -0.39 is 0 Å². The zero-order valence-corrected chi connectivity index (χ0v) is 7.77. The Morgan fingerprint density at radius 1 is 1.50 bits per heavy atom. The lowest BCUT2D eigenvalue weighted by molar-refractivity contribution is 0.390. The first-order valence-corrected chi connectivity index (χ1v) is 4.01. The van der Waals surface area contributed by atoms with Gasteiger partial charge in [0.25, 0.3) is 0 Å². The number of methoxy groups -OCH3 is 1. The Bertz CT molecular complexity index is 365. The summed E-state index contributed by atoms with van der Waals surface area (Å²) in [5, 5.41) is 10.7. The van der Waals surface area contributed by atoms with Gasteiger partial charge in [0.2, 0.25) is 0 Å². The second-order valence-corrected chi connectivity index (χ2v) is 2.66. The monoisotopic (exact) mass is 190 g/mol.